The molecule has 0 bridgehead atoms. The summed E-state index contributed by atoms with van der Waals surface area (Å²) in [5.74, 6) is 2.97. The van der Waals surface area contributed by atoms with Gasteiger partial charge in [0.1, 0.15) is 5.75 Å². The molecule has 0 aliphatic carbocycles. The topological polar surface area (TPSA) is 43.4 Å². The number of halogens is 2. The first-order valence-corrected chi connectivity index (χ1v) is 12.0. The summed E-state index contributed by atoms with van der Waals surface area (Å²) in [6.45, 7) is 8.04. The predicted octanol–water partition coefficient (Wildman–Crippen LogP) is 5.86. The summed E-state index contributed by atoms with van der Waals surface area (Å²) < 4.78 is 22.1. The summed E-state index contributed by atoms with van der Waals surface area (Å²) in [5, 5.41) is 0. The number of piperazine rings is 1. The monoisotopic (exact) mass is 548 g/mol. The first-order valence-electron chi connectivity index (χ1n) is 12.0. The standard InChI is InChI=1S/C29H36N2O4.2ClH/c1-21-9-10-23(22-7-6-8-26(18-22)32-2)17-25(21)20-31-15-13-30(14-16-31)19-24-11-12-27(33-3)29(35-5)28(24)34-4;;/h6-12,17-18H,13-16,19-20H2,1-5H3;2*1H. The van der Waals surface area contributed by atoms with Crippen molar-refractivity contribution in [2.45, 2.75) is 20.0 Å². The van der Waals surface area contributed by atoms with E-state index in [2.05, 4.69) is 53.1 Å². The molecule has 0 amide bonds. The molecule has 0 spiro atoms. The average molecular weight is 550 g/mol. The Morgan fingerprint density at radius 2 is 1.24 bits per heavy atom. The maximum atomic E-state index is 5.68. The number of benzene rings is 3. The van der Waals surface area contributed by atoms with Gasteiger partial charge in [0.15, 0.2) is 11.5 Å². The molecule has 4 rings (SSSR count). The van der Waals surface area contributed by atoms with E-state index in [-0.39, 0.29) is 24.8 Å². The van der Waals surface area contributed by atoms with Gasteiger partial charge in [-0.3, -0.25) is 9.80 Å². The Hall–Kier alpha value is -2.64. The molecule has 0 saturated carbocycles. The summed E-state index contributed by atoms with van der Waals surface area (Å²) in [6.07, 6.45) is 0. The molecule has 3 aromatic rings. The van der Waals surface area contributed by atoms with E-state index in [1.54, 1.807) is 28.4 Å². The van der Waals surface area contributed by atoms with Crippen LogP contribution in [0, 0.1) is 6.92 Å². The molecule has 37 heavy (non-hydrogen) atoms. The van der Waals surface area contributed by atoms with Crippen molar-refractivity contribution in [3.8, 4) is 34.1 Å². The fourth-order valence-electron chi connectivity index (χ4n) is 4.70. The molecule has 3 aromatic carbocycles. The second kappa shape index (κ2) is 14.3. The lowest BCUT2D eigenvalue weighted by atomic mass is 9.99. The van der Waals surface area contributed by atoms with E-state index in [0.717, 1.165) is 56.3 Å². The number of ether oxygens (including phenoxy) is 4. The largest absolute Gasteiger partial charge is 0.497 e. The Morgan fingerprint density at radius 1 is 0.622 bits per heavy atom. The third kappa shape index (κ3) is 7.23. The van der Waals surface area contributed by atoms with Gasteiger partial charge < -0.3 is 18.9 Å². The van der Waals surface area contributed by atoms with E-state index < -0.39 is 0 Å². The van der Waals surface area contributed by atoms with E-state index in [9.17, 15) is 0 Å². The van der Waals surface area contributed by atoms with Crippen LogP contribution in [0.3, 0.4) is 0 Å². The Balaban J connectivity index is 0.00000241. The van der Waals surface area contributed by atoms with Crippen LogP contribution in [0.4, 0.5) is 0 Å². The van der Waals surface area contributed by atoms with Gasteiger partial charge in [0.2, 0.25) is 5.75 Å². The van der Waals surface area contributed by atoms with Gasteiger partial charge in [0.05, 0.1) is 28.4 Å². The van der Waals surface area contributed by atoms with Crippen molar-refractivity contribution in [2.75, 3.05) is 54.6 Å². The summed E-state index contributed by atoms with van der Waals surface area (Å²) in [6, 6.07) is 19.0. The van der Waals surface area contributed by atoms with Gasteiger partial charge in [-0.2, -0.15) is 0 Å². The number of rotatable bonds is 9. The van der Waals surface area contributed by atoms with Crippen molar-refractivity contribution in [1.29, 1.82) is 0 Å². The van der Waals surface area contributed by atoms with Gasteiger partial charge in [-0.25, -0.2) is 0 Å². The molecule has 6 nitrogen and oxygen atoms in total. The third-order valence-electron chi connectivity index (χ3n) is 6.79. The molecule has 0 aromatic heterocycles. The van der Waals surface area contributed by atoms with Crippen LogP contribution in [0.25, 0.3) is 11.1 Å². The second-order valence-corrected chi connectivity index (χ2v) is 8.92. The fraction of sp³-hybridized carbons (Fsp3) is 0.379. The van der Waals surface area contributed by atoms with E-state index in [1.807, 2.05) is 18.2 Å². The van der Waals surface area contributed by atoms with Crippen LogP contribution >= 0.6 is 24.8 Å². The maximum absolute atomic E-state index is 5.68. The fourth-order valence-corrected chi connectivity index (χ4v) is 4.70. The van der Waals surface area contributed by atoms with Crippen molar-refractivity contribution in [3.05, 3.63) is 71.3 Å². The molecule has 0 atom stereocenters. The lowest BCUT2D eigenvalue weighted by Crippen LogP contribution is -2.45. The Kier molecular flexibility index (Phi) is 11.9. The zero-order valence-electron chi connectivity index (χ0n) is 22.3. The van der Waals surface area contributed by atoms with E-state index in [4.69, 9.17) is 18.9 Å². The van der Waals surface area contributed by atoms with E-state index in [1.165, 1.54) is 22.3 Å². The van der Waals surface area contributed by atoms with Crippen LogP contribution in [0.2, 0.25) is 0 Å². The van der Waals surface area contributed by atoms with Gasteiger partial charge in [0, 0.05) is 44.8 Å². The molecule has 202 valence electrons. The summed E-state index contributed by atoms with van der Waals surface area (Å²) in [4.78, 5) is 5.01. The molecule has 0 unspecified atom stereocenters. The highest BCUT2D eigenvalue weighted by Gasteiger charge is 2.22. The summed E-state index contributed by atoms with van der Waals surface area (Å²) in [5.41, 5.74) is 6.22. The minimum atomic E-state index is 0. The van der Waals surface area contributed by atoms with Crippen molar-refractivity contribution in [1.82, 2.24) is 9.80 Å². The van der Waals surface area contributed by atoms with E-state index >= 15 is 0 Å². The van der Waals surface area contributed by atoms with Gasteiger partial charge in [0.25, 0.3) is 0 Å². The molecule has 8 heteroatoms. The maximum Gasteiger partial charge on any atom is 0.203 e. The van der Waals surface area contributed by atoms with Gasteiger partial charge >= 0.3 is 0 Å². The van der Waals surface area contributed by atoms with Crippen LogP contribution in [-0.4, -0.2) is 64.4 Å². The Morgan fingerprint density at radius 3 is 1.84 bits per heavy atom. The molecular formula is C29H38Cl2N2O4. The van der Waals surface area contributed by atoms with Crippen molar-refractivity contribution < 1.29 is 18.9 Å². The summed E-state index contributed by atoms with van der Waals surface area (Å²) >= 11 is 0. The molecule has 1 saturated heterocycles. The first-order chi connectivity index (χ1) is 17.1. The zero-order valence-corrected chi connectivity index (χ0v) is 23.9. The zero-order chi connectivity index (χ0) is 24.8. The number of aryl methyl sites for hydroxylation is 1. The van der Waals surface area contributed by atoms with Crippen molar-refractivity contribution >= 4 is 24.8 Å². The van der Waals surface area contributed by atoms with Gasteiger partial charge in [-0.05, 0) is 53.4 Å². The first kappa shape index (κ1) is 30.6. The highest BCUT2D eigenvalue weighted by atomic mass is 35.5. The van der Waals surface area contributed by atoms with Crippen molar-refractivity contribution in [3.63, 3.8) is 0 Å². The number of nitrogens with zero attached hydrogens (tertiary/aromatic N) is 2. The molecule has 1 fully saturated rings. The lowest BCUT2D eigenvalue weighted by molar-refractivity contribution is 0.121. The summed E-state index contributed by atoms with van der Waals surface area (Å²) in [7, 11) is 6.68. The predicted molar refractivity (Wildman–Crippen MR) is 154 cm³/mol. The van der Waals surface area contributed by atoms with Gasteiger partial charge in [-0.1, -0.05) is 30.3 Å². The normalized spacial score (nSPS) is 13.8. The second-order valence-electron chi connectivity index (χ2n) is 8.92. The highest BCUT2D eigenvalue weighted by Crippen LogP contribution is 2.40. The SMILES string of the molecule is COc1cccc(-c2ccc(C)c(CN3CCN(Cc4ccc(OC)c(OC)c4OC)CC3)c2)c1.Cl.Cl. The molecule has 1 heterocycles. The molecular weight excluding hydrogens is 511 g/mol. The average Bonchev–Trinajstić information content (AvgIpc) is 2.90. The van der Waals surface area contributed by atoms with Crippen LogP contribution in [-0.2, 0) is 13.1 Å². The van der Waals surface area contributed by atoms with Crippen molar-refractivity contribution in [2.24, 2.45) is 0 Å². The van der Waals surface area contributed by atoms with Crippen LogP contribution in [0.15, 0.2) is 54.6 Å². The number of hydrogen-bond acceptors (Lipinski definition) is 6. The lowest BCUT2D eigenvalue weighted by Gasteiger charge is -2.35. The van der Waals surface area contributed by atoms with Gasteiger partial charge in [-0.15, -0.1) is 24.8 Å². The minimum Gasteiger partial charge on any atom is -0.497 e. The van der Waals surface area contributed by atoms with Crippen LogP contribution in [0.5, 0.6) is 23.0 Å². The Labute approximate surface area is 233 Å². The molecule has 1 aliphatic rings. The minimum absolute atomic E-state index is 0. The molecule has 1 aliphatic heterocycles. The van der Waals surface area contributed by atoms with Crippen LogP contribution < -0.4 is 18.9 Å². The number of methoxy groups -OCH3 is 4. The number of hydrogen-bond donors (Lipinski definition) is 0. The molecule has 0 N–H and O–H groups in total. The van der Waals surface area contributed by atoms with E-state index in [0.29, 0.717) is 11.5 Å². The van der Waals surface area contributed by atoms with Crippen LogP contribution in [0.1, 0.15) is 16.7 Å². The highest BCUT2D eigenvalue weighted by molar-refractivity contribution is 5.85. The Bertz CT molecular complexity index is 1150. The third-order valence-corrected chi connectivity index (χ3v) is 6.79. The molecule has 0 radical (unpaired) electrons. The quantitative estimate of drug-likeness (QED) is 0.333. The smallest absolute Gasteiger partial charge is 0.203 e.